The van der Waals surface area contributed by atoms with Crippen molar-refractivity contribution < 1.29 is 9.53 Å². The molecule has 0 radical (unpaired) electrons. The van der Waals surface area contributed by atoms with Crippen LogP contribution >= 0.6 is 11.3 Å². The highest BCUT2D eigenvalue weighted by Crippen LogP contribution is 2.10. The molecule has 7 heteroatoms. The highest BCUT2D eigenvalue weighted by molar-refractivity contribution is 7.07. The van der Waals surface area contributed by atoms with Crippen LogP contribution < -0.4 is 5.56 Å². The number of methoxy groups -OCH3 is 1. The van der Waals surface area contributed by atoms with Crippen LogP contribution in [0.25, 0.3) is 0 Å². The number of thiophene rings is 1. The summed E-state index contributed by atoms with van der Waals surface area (Å²) in [5.41, 5.74) is 1.08. The Labute approximate surface area is 126 Å². The highest BCUT2D eigenvalue weighted by Gasteiger charge is 2.15. The molecular weight excluding hydrogens is 290 g/mol. The average Bonchev–Trinajstić information content (AvgIpc) is 2.98. The summed E-state index contributed by atoms with van der Waals surface area (Å²) < 4.78 is 6.17. The number of ether oxygens (including phenoxy) is 1. The molecule has 0 bridgehead atoms. The molecule has 0 aliphatic rings. The normalized spacial score (nSPS) is 10.6. The van der Waals surface area contributed by atoms with Crippen molar-refractivity contribution in [3.05, 3.63) is 50.6 Å². The van der Waals surface area contributed by atoms with Gasteiger partial charge in [0.1, 0.15) is 5.69 Å². The standard InChI is InChI=1S/C14H17N3O3S/c1-16(9-11-5-8-21-10-11)14(19)12-3-4-13(18)17(15-12)6-7-20-2/h3-5,8,10H,6-7,9H2,1-2H3. The van der Waals surface area contributed by atoms with Crippen molar-refractivity contribution in [2.75, 3.05) is 20.8 Å². The monoisotopic (exact) mass is 307 g/mol. The maximum absolute atomic E-state index is 12.3. The van der Waals surface area contributed by atoms with Crippen molar-refractivity contribution in [1.82, 2.24) is 14.7 Å². The molecule has 0 N–H and O–H groups in total. The van der Waals surface area contributed by atoms with E-state index in [1.807, 2.05) is 16.8 Å². The van der Waals surface area contributed by atoms with Gasteiger partial charge in [0.2, 0.25) is 0 Å². The Bertz CT molecular complexity index is 652. The summed E-state index contributed by atoms with van der Waals surface area (Å²) in [6.07, 6.45) is 0. The number of amides is 1. The first-order valence-corrected chi connectivity index (χ1v) is 7.39. The van der Waals surface area contributed by atoms with Crippen molar-refractivity contribution in [2.45, 2.75) is 13.1 Å². The lowest BCUT2D eigenvalue weighted by Gasteiger charge is -2.16. The summed E-state index contributed by atoms with van der Waals surface area (Å²) in [5.74, 6) is -0.215. The molecular formula is C14H17N3O3S. The number of rotatable bonds is 6. The fourth-order valence-electron chi connectivity index (χ4n) is 1.82. The maximum atomic E-state index is 12.3. The van der Waals surface area contributed by atoms with E-state index in [2.05, 4.69) is 5.10 Å². The molecule has 0 aliphatic heterocycles. The second kappa shape index (κ2) is 7.14. The molecule has 2 heterocycles. The zero-order chi connectivity index (χ0) is 15.2. The summed E-state index contributed by atoms with van der Waals surface area (Å²) in [4.78, 5) is 25.6. The zero-order valence-electron chi connectivity index (χ0n) is 12.0. The average molecular weight is 307 g/mol. The third kappa shape index (κ3) is 3.99. The van der Waals surface area contributed by atoms with Gasteiger partial charge in [-0.3, -0.25) is 9.59 Å². The third-order valence-electron chi connectivity index (χ3n) is 2.94. The van der Waals surface area contributed by atoms with Crippen molar-refractivity contribution in [1.29, 1.82) is 0 Å². The first kappa shape index (κ1) is 15.4. The second-order valence-corrected chi connectivity index (χ2v) is 5.35. The first-order valence-electron chi connectivity index (χ1n) is 6.45. The van der Waals surface area contributed by atoms with Gasteiger partial charge in [-0.15, -0.1) is 0 Å². The Morgan fingerprint density at radius 3 is 2.90 bits per heavy atom. The topological polar surface area (TPSA) is 64.4 Å². The van der Waals surface area contributed by atoms with Crippen LogP contribution in [-0.2, 0) is 17.8 Å². The fraction of sp³-hybridized carbons (Fsp3) is 0.357. The van der Waals surface area contributed by atoms with Gasteiger partial charge in [0.05, 0.1) is 13.2 Å². The smallest absolute Gasteiger partial charge is 0.274 e. The van der Waals surface area contributed by atoms with Gasteiger partial charge in [-0.2, -0.15) is 16.4 Å². The van der Waals surface area contributed by atoms with Gasteiger partial charge in [-0.1, -0.05) is 0 Å². The minimum atomic E-state index is -0.246. The molecule has 6 nitrogen and oxygen atoms in total. The van der Waals surface area contributed by atoms with Crippen LogP contribution in [0.3, 0.4) is 0 Å². The van der Waals surface area contributed by atoms with Gasteiger partial charge in [-0.05, 0) is 28.5 Å². The molecule has 0 aliphatic carbocycles. The Hall–Kier alpha value is -1.99. The Morgan fingerprint density at radius 1 is 1.43 bits per heavy atom. The van der Waals surface area contributed by atoms with E-state index in [0.29, 0.717) is 19.7 Å². The molecule has 0 fully saturated rings. The van der Waals surface area contributed by atoms with Crippen LogP contribution in [0.5, 0.6) is 0 Å². The van der Waals surface area contributed by atoms with Crippen LogP contribution in [0.4, 0.5) is 0 Å². The molecule has 0 aromatic carbocycles. The molecule has 0 spiro atoms. The van der Waals surface area contributed by atoms with E-state index in [9.17, 15) is 9.59 Å². The van der Waals surface area contributed by atoms with E-state index in [1.165, 1.54) is 16.8 Å². The number of hydrogen-bond acceptors (Lipinski definition) is 5. The van der Waals surface area contributed by atoms with Crippen LogP contribution in [0, 0.1) is 0 Å². The quantitative estimate of drug-likeness (QED) is 0.805. The van der Waals surface area contributed by atoms with Crippen LogP contribution in [-0.4, -0.2) is 41.4 Å². The van der Waals surface area contributed by atoms with Crippen LogP contribution in [0.1, 0.15) is 16.1 Å². The van der Waals surface area contributed by atoms with Crippen molar-refractivity contribution >= 4 is 17.2 Å². The number of hydrogen-bond donors (Lipinski definition) is 0. The van der Waals surface area contributed by atoms with E-state index >= 15 is 0 Å². The Balaban J connectivity index is 2.12. The zero-order valence-corrected chi connectivity index (χ0v) is 12.8. The number of carbonyl (C=O) groups excluding carboxylic acids is 1. The van der Waals surface area contributed by atoms with Crippen LogP contribution in [0.15, 0.2) is 33.8 Å². The molecule has 1 amide bonds. The van der Waals surface area contributed by atoms with Gasteiger partial charge in [0.15, 0.2) is 0 Å². The minimum absolute atomic E-state index is 0.215. The molecule has 0 unspecified atom stereocenters. The van der Waals surface area contributed by atoms with Crippen LogP contribution in [0.2, 0.25) is 0 Å². The van der Waals surface area contributed by atoms with E-state index in [1.54, 1.807) is 30.4 Å². The molecule has 2 rings (SSSR count). The summed E-state index contributed by atoms with van der Waals surface area (Å²) in [6.45, 7) is 1.21. The van der Waals surface area contributed by atoms with Gasteiger partial charge >= 0.3 is 0 Å². The molecule has 0 atom stereocenters. The van der Waals surface area contributed by atoms with E-state index < -0.39 is 0 Å². The van der Waals surface area contributed by atoms with Gasteiger partial charge in [-0.25, -0.2) is 4.68 Å². The summed E-state index contributed by atoms with van der Waals surface area (Å²) >= 11 is 1.59. The lowest BCUT2D eigenvalue weighted by molar-refractivity contribution is 0.0775. The highest BCUT2D eigenvalue weighted by atomic mass is 32.1. The van der Waals surface area contributed by atoms with E-state index in [-0.39, 0.29) is 17.2 Å². The van der Waals surface area contributed by atoms with E-state index in [4.69, 9.17) is 4.74 Å². The second-order valence-electron chi connectivity index (χ2n) is 4.57. The van der Waals surface area contributed by atoms with E-state index in [0.717, 1.165) is 5.56 Å². The van der Waals surface area contributed by atoms with Gasteiger partial charge in [0, 0.05) is 26.8 Å². The third-order valence-corrected chi connectivity index (χ3v) is 3.67. The van der Waals surface area contributed by atoms with Crippen molar-refractivity contribution in [3.63, 3.8) is 0 Å². The lowest BCUT2D eigenvalue weighted by atomic mass is 10.3. The van der Waals surface area contributed by atoms with Crippen molar-refractivity contribution in [2.24, 2.45) is 0 Å². The predicted molar refractivity (Wildman–Crippen MR) is 80.5 cm³/mol. The van der Waals surface area contributed by atoms with Gasteiger partial charge in [0.25, 0.3) is 11.5 Å². The molecule has 21 heavy (non-hydrogen) atoms. The Morgan fingerprint density at radius 2 is 2.24 bits per heavy atom. The summed E-state index contributed by atoms with van der Waals surface area (Å²) in [6, 6.07) is 4.79. The molecule has 2 aromatic rings. The molecule has 112 valence electrons. The fourth-order valence-corrected chi connectivity index (χ4v) is 2.48. The Kier molecular flexibility index (Phi) is 5.24. The number of carbonyl (C=O) groups is 1. The molecule has 0 saturated carbocycles. The largest absolute Gasteiger partial charge is 0.383 e. The first-order chi connectivity index (χ1) is 10.1. The van der Waals surface area contributed by atoms with Gasteiger partial charge < -0.3 is 9.64 Å². The molecule has 2 aromatic heterocycles. The predicted octanol–water partition coefficient (Wildman–Crippen LogP) is 1.22. The number of aromatic nitrogens is 2. The minimum Gasteiger partial charge on any atom is -0.383 e. The van der Waals surface area contributed by atoms with Crippen molar-refractivity contribution in [3.8, 4) is 0 Å². The molecule has 0 saturated heterocycles. The lowest BCUT2D eigenvalue weighted by Crippen LogP contribution is -2.31. The summed E-state index contributed by atoms with van der Waals surface area (Å²) in [5, 5.41) is 8.06. The number of nitrogens with zero attached hydrogens (tertiary/aromatic N) is 3. The summed E-state index contributed by atoms with van der Waals surface area (Å²) in [7, 11) is 3.26. The maximum Gasteiger partial charge on any atom is 0.274 e. The SMILES string of the molecule is COCCn1nc(C(=O)N(C)Cc2ccsc2)ccc1=O.